The molecule has 1 aliphatic rings. The monoisotopic (exact) mass is 716 g/mol. The summed E-state index contributed by atoms with van der Waals surface area (Å²) in [5.74, 6) is 1.10. The van der Waals surface area contributed by atoms with Crippen molar-refractivity contribution in [1.29, 1.82) is 0 Å². The Balaban J connectivity index is 1.03. The second-order valence-electron chi connectivity index (χ2n) is 15.7. The molecule has 4 heterocycles. The molecule has 1 aliphatic heterocycles. The maximum absolute atomic E-state index is 5.26. The topological polar surface area (TPSA) is 27.7 Å². The Morgan fingerprint density at radius 3 is 1.41 bits per heavy atom. The molecular weight excluding hydrogens is 681 g/mol. The van der Waals surface area contributed by atoms with Crippen LogP contribution >= 0.6 is 0 Å². The van der Waals surface area contributed by atoms with Crippen LogP contribution in [0.4, 0.5) is 0 Å². The molecule has 0 saturated carbocycles. The Kier molecular flexibility index (Phi) is 6.37. The molecule has 0 atom stereocenters. The van der Waals surface area contributed by atoms with E-state index in [1.54, 1.807) is 0 Å². The molecule has 12 rings (SSSR count). The molecule has 8 aromatic carbocycles. The lowest BCUT2D eigenvalue weighted by Crippen LogP contribution is -2.16. The summed E-state index contributed by atoms with van der Waals surface area (Å²) in [4.78, 5) is 5.26. The van der Waals surface area contributed by atoms with Gasteiger partial charge in [-0.1, -0.05) is 97.1 Å². The van der Waals surface area contributed by atoms with Crippen molar-refractivity contribution in [3.05, 3.63) is 193 Å². The molecule has 0 radical (unpaired) electrons. The van der Waals surface area contributed by atoms with Crippen LogP contribution in [0.25, 0.3) is 94.0 Å². The van der Waals surface area contributed by atoms with Gasteiger partial charge in [0.15, 0.2) is 0 Å². The zero-order valence-electron chi connectivity index (χ0n) is 31.1. The van der Waals surface area contributed by atoms with Gasteiger partial charge in [-0.3, -0.25) is 4.57 Å². The minimum atomic E-state index is -0.158. The van der Waals surface area contributed by atoms with E-state index in [0.717, 1.165) is 22.5 Å². The normalized spacial score (nSPS) is 13.3. The molecule has 0 fully saturated rings. The Hall–Kier alpha value is -7.17. The molecule has 4 nitrogen and oxygen atoms in total. The standard InChI is InChI=1S/C52H36N4/c1-52(2)43-18-10-12-20-49(43)56-50-28-24-36(32-44(50)53-51(52)56)35-23-27-48-42(31-35)41-30-34(22-26-47(41)55(48)38-15-7-4-8-16-38)33-21-25-46-40(29-33)39-17-9-11-19-45(39)54(46)37-13-5-3-6-14-37/h3-32H,1-2H3. The van der Waals surface area contributed by atoms with Gasteiger partial charge in [0.2, 0.25) is 0 Å². The maximum atomic E-state index is 5.26. The second-order valence-corrected chi connectivity index (χ2v) is 15.7. The van der Waals surface area contributed by atoms with Crippen LogP contribution in [0.15, 0.2) is 182 Å². The molecule has 0 aliphatic carbocycles. The van der Waals surface area contributed by atoms with Crippen molar-refractivity contribution >= 4 is 54.6 Å². The van der Waals surface area contributed by atoms with Crippen LogP contribution in [-0.2, 0) is 5.41 Å². The number of nitrogens with zero attached hydrogens (tertiary/aromatic N) is 4. The highest BCUT2D eigenvalue weighted by atomic mass is 15.1. The molecule has 264 valence electrons. The molecule has 3 aromatic heterocycles. The van der Waals surface area contributed by atoms with E-state index in [4.69, 9.17) is 4.98 Å². The Bertz CT molecular complexity index is 3380. The van der Waals surface area contributed by atoms with E-state index in [0.29, 0.717) is 0 Å². The Morgan fingerprint density at radius 1 is 0.375 bits per heavy atom. The largest absolute Gasteiger partial charge is 0.309 e. The van der Waals surface area contributed by atoms with Crippen LogP contribution in [0.2, 0.25) is 0 Å². The molecule has 11 aromatic rings. The van der Waals surface area contributed by atoms with Crippen molar-refractivity contribution in [2.24, 2.45) is 0 Å². The minimum absolute atomic E-state index is 0.158. The summed E-state index contributed by atoms with van der Waals surface area (Å²) in [6, 6.07) is 66.4. The van der Waals surface area contributed by atoms with Gasteiger partial charge >= 0.3 is 0 Å². The van der Waals surface area contributed by atoms with Gasteiger partial charge in [-0.2, -0.15) is 0 Å². The maximum Gasteiger partial charge on any atom is 0.124 e. The summed E-state index contributed by atoms with van der Waals surface area (Å²) < 4.78 is 7.13. The number of hydrogen-bond acceptors (Lipinski definition) is 1. The Morgan fingerprint density at radius 2 is 0.821 bits per heavy atom. The number of fused-ring (bicyclic) bond motifs is 11. The smallest absolute Gasteiger partial charge is 0.124 e. The highest BCUT2D eigenvalue weighted by Gasteiger charge is 2.38. The second kappa shape index (κ2) is 11.4. The number of benzene rings is 8. The molecule has 0 N–H and O–H groups in total. The van der Waals surface area contributed by atoms with Crippen molar-refractivity contribution in [3.63, 3.8) is 0 Å². The van der Waals surface area contributed by atoms with E-state index in [1.807, 2.05) is 0 Å². The van der Waals surface area contributed by atoms with Crippen LogP contribution in [0.1, 0.15) is 25.2 Å². The molecular formula is C52H36N4. The van der Waals surface area contributed by atoms with Gasteiger partial charge in [-0.15, -0.1) is 0 Å². The zero-order valence-corrected chi connectivity index (χ0v) is 31.1. The van der Waals surface area contributed by atoms with Crippen molar-refractivity contribution < 1.29 is 0 Å². The molecule has 0 spiro atoms. The van der Waals surface area contributed by atoms with E-state index >= 15 is 0 Å². The number of imidazole rings is 1. The van der Waals surface area contributed by atoms with E-state index in [-0.39, 0.29) is 5.41 Å². The van der Waals surface area contributed by atoms with Gasteiger partial charge < -0.3 is 9.13 Å². The van der Waals surface area contributed by atoms with Crippen molar-refractivity contribution in [3.8, 4) is 39.3 Å². The summed E-state index contributed by atoms with van der Waals surface area (Å²) in [7, 11) is 0. The van der Waals surface area contributed by atoms with Gasteiger partial charge in [0.05, 0.1) is 44.2 Å². The average molecular weight is 717 g/mol. The molecule has 56 heavy (non-hydrogen) atoms. The first-order valence-electron chi connectivity index (χ1n) is 19.4. The van der Waals surface area contributed by atoms with Gasteiger partial charge in [-0.25, -0.2) is 4.98 Å². The summed E-state index contributed by atoms with van der Waals surface area (Å²) >= 11 is 0. The summed E-state index contributed by atoms with van der Waals surface area (Å²) in [6.45, 7) is 4.56. The number of para-hydroxylation sites is 4. The van der Waals surface area contributed by atoms with E-state index in [2.05, 4.69) is 210 Å². The van der Waals surface area contributed by atoms with Gasteiger partial charge in [0.25, 0.3) is 0 Å². The first kappa shape index (κ1) is 31.2. The van der Waals surface area contributed by atoms with Crippen molar-refractivity contribution in [1.82, 2.24) is 18.7 Å². The average Bonchev–Trinajstić information content (AvgIpc) is 3.96. The third-order valence-electron chi connectivity index (χ3n) is 12.2. The third-order valence-corrected chi connectivity index (χ3v) is 12.2. The first-order valence-corrected chi connectivity index (χ1v) is 19.4. The Labute approximate surface area is 324 Å². The number of rotatable bonds is 4. The van der Waals surface area contributed by atoms with Gasteiger partial charge in [0.1, 0.15) is 5.82 Å². The molecule has 0 saturated heterocycles. The number of aromatic nitrogens is 4. The molecule has 0 amide bonds. The van der Waals surface area contributed by atoms with E-state index in [1.165, 1.54) is 82.8 Å². The SMILES string of the molecule is CC1(C)c2ccccc2-n2c1nc1cc(-c3ccc4c(c3)c3cc(-c5ccc6c(c5)c5ccccc5n6-c5ccccc5)ccc3n4-c3ccccc3)ccc12. The predicted molar refractivity (Wildman–Crippen MR) is 233 cm³/mol. The van der Waals surface area contributed by atoms with Crippen LogP contribution in [0.5, 0.6) is 0 Å². The van der Waals surface area contributed by atoms with Crippen LogP contribution in [-0.4, -0.2) is 18.7 Å². The van der Waals surface area contributed by atoms with Crippen molar-refractivity contribution in [2.45, 2.75) is 19.3 Å². The van der Waals surface area contributed by atoms with E-state index < -0.39 is 0 Å². The van der Waals surface area contributed by atoms with Gasteiger partial charge in [-0.05, 0) is 127 Å². The zero-order chi connectivity index (χ0) is 37.1. The summed E-state index contributed by atoms with van der Waals surface area (Å²) in [5, 5.41) is 4.97. The molecule has 4 heteroatoms. The fourth-order valence-electron chi connectivity index (χ4n) is 9.49. The van der Waals surface area contributed by atoms with Crippen molar-refractivity contribution in [2.75, 3.05) is 0 Å². The van der Waals surface area contributed by atoms with Crippen LogP contribution in [0.3, 0.4) is 0 Å². The molecule has 0 bridgehead atoms. The van der Waals surface area contributed by atoms with Crippen LogP contribution < -0.4 is 0 Å². The minimum Gasteiger partial charge on any atom is -0.309 e. The first-order chi connectivity index (χ1) is 27.5. The predicted octanol–water partition coefficient (Wildman–Crippen LogP) is 13.2. The third kappa shape index (κ3) is 4.32. The van der Waals surface area contributed by atoms with Crippen LogP contribution in [0, 0.1) is 0 Å². The summed E-state index contributed by atoms with van der Waals surface area (Å²) in [6.07, 6.45) is 0. The lowest BCUT2D eigenvalue weighted by molar-refractivity contribution is 0.621. The lowest BCUT2D eigenvalue weighted by atomic mass is 9.86. The quantitative estimate of drug-likeness (QED) is 0.178. The highest BCUT2D eigenvalue weighted by molar-refractivity contribution is 6.13. The highest BCUT2D eigenvalue weighted by Crippen LogP contribution is 2.45. The van der Waals surface area contributed by atoms with Gasteiger partial charge in [0, 0.05) is 32.9 Å². The fourth-order valence-corrected chi connectivity index (χ4v) is 9.49. The summed E-state index contributed by atoms with van der Waals surface area (Å²) in [5.41, 5.74) is 16.4. The fraction of sp³-hybridized carbons (Fsp3) is 0.0577. The molecule has 0 unspecified atom stereocenters. The number of hydrogen-bond donors (Lipinski definition) is 0. The van der Waals surface area contributed by atoms with E-state index in [9.17, 15) is 0 Å². The lowest BCUT2D eigenvalue weighted by Gasteiger charge is -2.17.